The quantitative estimate of drug-likeness (QED) is 0.837. The van der Waals surface area contributed by atoms with E-state index < -0.39 is 5.97 Å². The van der Waals surface area contributed by atoms with Crippen LogP contribution in [0.15, 0.2) is 46.0 Å². The van der Waals surface area contributed by atoms with E-state index in [4.69, 9.17) is 4.42 Å². The van der Waals surface area contributed by atoms with Crippen molar-refractivity contribution in [2.45, 2.75) is 25.7 Å². The van der Waals surface area contributed by atoms with Gasteiger partial charge >= 0.3 is 5.97 Å². The highest BCUT2D eigenvalue weighted by Crippen LogP contribution is 2.32. The largest absolute Gasteiger partial charge is 0.481 e. The molecule has 1 N–H and O–H groups in total. The zero-order valence-electron chi connectivity index (χ0n) is 16.0. The van der Waals surface area contributed by atoms with Gasteiger partial charge in [0.15, 0.2) is 5.76 Å². The molecule has 0 radical (unpaired) electrons. The number of fused-ring (bicyclic) bond motifs is 1. The molecule has 2 aromatic rings. The van der Waals surface area contributed by atoms with E-state index in [2.05, 4.69) is 4.99 Å². The van der Waals surface area contributed by atoms with E-state index in [0.29, 0.717) is 38.9 Å². The molecule has 0 aliphatic carbocycles. The van der Waals surface area contributed by atoms with E-state index in [1.54, 1.807) is 29.2 Å². The number of halogens is 1. The number of carbonyl (C=O) groups is 2. The standard InChI is InChI=1S/C22H23FN2O4/c23-17-3-4-18-15(10-17)5-7-24-19(18)11-16-13-25(8-6-14(16)12-21(26)27)22(28)20-2-1-9-29-20/h1-4,9-10,14,16H,5-8,11-13H2,(H,26,27)/t14-,16-/m0/s1. The SMILES string of the molecule is O=C(O)C[C@@H]1CCN(C(=O)c2ccco2)C[C@@H]1CC1=NCCc2cc(F)ccc21. The van der Waals surface area contributed by atoms with Gasteiger partial charge in [0.05, 0.1) is 6.26 Å². The summed E-state index contributed by atoms with van der Waals surface area (Å²) in [5.74, 6) is -1.06. The van der Waals surface area contributed by atoms with Gasteiger partial charge in [-0.05, 0) is 72.6 Å². The normalized spacial score (nSPS) is 21.4. The number of carbonyl (C=O) groups excluding carboxylic acids is 1. The molecule has 2 aliphatic heterocycles. The highest BCUT2D eigenvalue weighted by molar-refractivity contribution is 6.02. The monoisotopic (exact) mass is 398 g/mol. The smallest absolute Gasteiger partial charge is 0.303 e. The van der Waals surface area contributed by atoms with Gasteiger partial charge in [-0.3, -0.25) is 14.6 Å². The molecule has 2 aliphatic rings. The van der Waals surface area contributed by atoms with Gasteiger partial charge in [0, 0.05) is 31.8 Å². The van der Waals surface area contributed by atoms with Gasteiger partial charge in [-0.25, -0.2) is 4.39 Å². The topological polar surface area (TPSA) is 83.1 Å². The van der Waals surface area contributed by atoms with E-state index in [0.717, 1.165) is 16.8 Å². The van der Waals surface area contributed by atoms with Gasteiger partial charge in [-0.2, -0.15) is 0 Å². The summed E-state index contributed by atoms with van der Waals surface area (Å²) in [5, 5.41) is 9.34. The molecule has 0 spiro atoms. The number of piperidine rings is 1. The van der Waals surface area contributed by atoms with E-state index in [1.165, 1.54) is 12.3 Å². The van der Waals surface area contributed by atoms with Crippen molar-refractivity contribution in [1.82, 2.24) is 4.90 Å². The first-order valence-corrected chi connectivity index (χ1v) is 9.88. The summed E-state index contributed by atoms with van der Waals surface area (Å²) in [6.07, 6.45) is 3.42. The fourth-order valence-electron chi connectivity index (χ4n) is 4.42. The predicted molar refractivity (Wildman–Crippen MR) is 105 cm³/mol. The van der Waals surface area contributed by atoms with Crippen LogP contribution < -0.4 is 0 Å². The summed E-state index contributed by atoms with van der Waals surface area (Å²) in [7, 11) is 0. The molecular weight excluding hydrogens is 375 g/mol. The van der Waals surface area contributed by atoms with Crippen molar-refractivity contribution < 1.29 is 23.5 Å². The van der Waals surface area contributed by atoms with Crippen LogP contribution in [0.1, 0.15) is 40.9 Å². The zero-order chi connectivity index (χ0) is 20.4. The summed E-state index contributed by atoms with van der Waals surface area (Å²) in [4.78, 5) is 30.5. The van der Waals surface area contributed by atoms with Crippen LogP contribution in [0.2, 0.25) is 0 Å². The fourth-order valence-corrected chi connectivity index (χ4v) is 4.42. The second kappa shape index (κ2) is 8.19. The van der Waals surface area contributed by atoms with Crippen LogP contribution in [-0.4, -0.2) is 47.2 Å². The predicted octanol–water partition coefficient (Wildman–Crippen LogP) is 3.41. The Labute approximate surface area is 168 Å². The van der Waals surface area contributed by atoms with E-state index in [1.807, 2.05) is 0 Å². The first-order chi connectivity index (χ1) is 14.0. The number of rotatable bonds is 5. The van der Waals surface area contributed by atoms with E-state index in [-0.39, 0.29) is 35.7 Å². The molecule has 1 aromatic heterocycles. The highest BCUT2D eigenvalue weighted by atomic mass is 19.1. The molecule has 4 rings (SSSR count). The maximum absolute atomic E-state index is 13.6. The lowest BCUT2D eigenvalue weighted by Crippen LogP contribution is -2.45. The van der Waals surface area contributed by atoms with Crippen molar-refractivity contribution in [3.05, 3.63) is 59.3 Å². The number of hydrogen-bond acceptors (Lipinski definition) is 4. The Hall–Kier alpha value is -2.96. The Morgan fingerprint density at radius 3 is 2.90 bits per heavy atom. The Kier molecular flexibility index (Phi) is 5.47. The Morgan fingerprint density at radius 1 is 1.28 bits per heavy atom. The molecule has 6 nitrogen and oxygen atoms in total. The zero-order valence-corrected chi connectivity index (χ0v) is 16.0. The van der Waals surface area contributed by atoms with Gasteiger partial charge in [0.25, 0.3) is 5.91 Å². The molecular formula is C22H23FN2O4. The van der Waals surface area contributed by atoms with Crippen molar-refractivity contribution in [3.63, 3.8) is 0 Å². The molecule has 0 unspecified atom stereocenters. The second-order valence-corrected chi connectivity index (χ2v) is 7.72. The summed E-state index contributed by atoms with van der Waals surface area (Å²) < 4.78 is 18.8. The van der Waals surface area contributed by atoms with Crippen LogP contribution in [0.3, 0.4) is 0 Å². The van der Waals surface area contributed by atoms with Crippen LogP contribution in [0.4, 0.5) is 4.39 Å². The van der Waals surface area contributed by atoms with Crippen LogP contribution in [-0.2, 0) is 11.2 Å². The van der Waals surface area contributed by atoms with Crippen molar-refractivity contribution in [1.29, 1.82) is 0 Å². The minimum Gasteiger partial charge on any atom is -0.481 e. The minimum absolute atomic E-state index is 0.0338. The van der Waals surface area contributed by atoms with Gasteiger partial charge in [0.1, 0.15) is 5.82 Å². The van der Waals surface area contributed by atoms with Crippen LogP contribution in [0, 0.1) is 17.7 Å². The third kappa shape index (κ3) is 4.23. The molecule has 2 atom stereocenters. The van der Waals surface area contributed by atoms with Crippen molar-refractivity contribution in [3.8, 4) is 0 Å². The molecule has 1 saturated heterocycles. The van der Waals surface area contributed by atoms with Gasteiger partial charge in [-0.15, -0.1) is 0 Å². The number of furan rings is 1. The maximum Gasteiger partial charge on any atom is 0.303 e. The Bertz CT molecular complexity index is 938. The summed E-state index contributed by atoms with van der Waals surface area (Å²) in [6, 6.07) is 8.04. The lowest BCUT2D eigenvalue weighted by molar-refractivity contribution is -0.138. The number of benzene rings is 1. The maximum atomic E-state index is 13.6. The number of carboxylic acids is 1. The highest BCUT2D eigenvalue weighted by Gasteiger charge is 2.35. The number of likely N-dealkylation sites (tertiary alicyclic amines) is 1. The number of carboxylic acid groups (broad SMARTS) is 1. The van der Waals surface area contributed by atoms with Crippen molar-refractivity contribution in [2.24, 2.45) is 16.8 Å². The molecule has 0 saturated carbocycles. The average Bonchev–Trinajstić information content (AvgIpc) is 3.23. The number of amides is 1. The van der Waals surface area contributed by atoms with E-state index >= 15 is 0 Å². The number of aliphatic imine (C=N–C) groups is 1. The third-order valence-electron chi connectivity index (χ3n) is 5.86. The van der Waals surface area contributed by atoms with Gasteiger partial charge < -0.3 is 14.4 Å². The molecule has 1 fully saturated rings. The van der Waals surface area contributed by atoms with Gasteiger partial charge in [0.2, 0.25) is 0 Å². The van der Waals surface area contributed by atoms with Crippen molar-refractivity contribution in [2.75, 3.05) is 19.6 Å². The number of hydrogen-bond donors (Lipinski definition) is 1. The number of aliphatic carboxylic acids is 1. The third-order valence-corrected chi connectivity index (χ3v) is 5.86. The molecule has 1 aromatic carbocycles. The van der Waals surface area contributed by atoms with Crippen LogP contribution >= 0.6 is 0 Å². The molecule has 1 amide bonds. The van der Waals surface area contributed by atoms with Crippen LogP contribution in [0.5, 0.6) is 0 Å². The van der Waals surface area contributed by atoms with E-state index in [9.17, 15) is 19.1 Å². The van der Waals surface area contributed by atoms with Gasteiger partial charge in [-0.1, -0.05) is 0 Å². The first-order valence-electron chi connectivity index (χ1n) is 9.88. The molecule has 7 heteroatoms. The Morgan fingerprint density at radius 2 is 2.14 bits per heavy atom. The molecule has 3 heterocycles. The Balaban J connectivity index is 1.55. The minimum atomic E-state index is -0.834. The summed E-state index contributed by atoms with van der Waals surface area (Å²) in [5.41, 5.74) is 2.74. The van der Waals surface area contributed by atoms with Crippen LogP contribution in [0.25, 0.3) is 0 Å². The lowest BCUT2D eigenvalue weighted by atomic mass is 9.78. The lowest BCUT2D eigenvalue weighted by Gasteiger charge is -2.38. The molecule has 29 heavy (non-hydrogen) atoms. The van der Waals surface area contributed by atoms with Crippen molar-refractivity contribution >= 4 is 17.6 Å². The first kappa shape index (κ1) is 19.4. The summed E-state index contributed by atoms with van der Waals surface area (Å²) >= 11 is 0. The summed E-state index contributed by atoms with van der Waals surface area (Å²) in [6.45, 7) is 1.55. The number of nitrogens with zero attached hydrogens (tertiary/aromatic N) is 2. The second-order valence-electron chi connectivity index (χ2n) is 7.72. The fraction of sp³-hybridized carbons (Fsp3) is 0.409. The average molecular weight is 398 g/mol. The molecule has 0 bridgehead atoms. The molecule has 152 valence electrons.